The van der Waals surface area contributed by atoms with E-state index in [2.05, 4.69) is 4.98 Å². The summed E-state index contributed by atoms with van der Waals surface area (Å²) in [6.45, 7) is 5.84. The number of rotatable bonds is 7. The van der Waals surface area contributed by atoms with Crippen molar-refractivity contribution in [1.82, 2.24) is 9.88 Å². The molecule has 1 aliphatic heterocycles. The number of ether oxygens (including phenoxy) is 1. The normalized spacial score (nSPS) is 19.1. The fourth-order valence-electron chi connectivity index (χ4n) is 2.78. The van der Waals surface area contributed by atoms with Gasteiger partial charge >= 0.3 is 5.97 Å². The van der Waals surface area contributed by atoms with E-state index in [-0.39, 0.29) is 42.4 Å². The standard InChI is InChI=1S/C16H24N2O5S2/c1-11(2)7-18(14-4-5-25(21,22)10-14)15(19)8-23-16(20)6-13-9-24-12(3)17-13/h9,11,14H,4-8,10H2,1-3H3. The van der Waals surface area contributed by atoms with Gasteiger partial charge < -0.3 is 9.64 Å². The molecular formula is C16H24N2O5S2. The highest BCUT2D eigenvalue weighted by Crippen LogP contribution is 2.19. The number of carbonyl (C=O) groups excluding carboxylic acids is 2. The number of thiazole rings is 1. The maximum absolute atomic E-state index is 12.5. The Bertz CT molecular complexity index is 727. The van der Waals surface area contributed by atoms with Crippen molar-refractivity contribution in [3.8, 4) is 0 Å². The molecule has 0 aromatic carbocycles. The quantitative estimate of drug-likeness (QED) is 0.652. The maximum Gasteiger partial charge on any atom is 0.312 e. The third-order valence-corrected chi connectivity index (χ3v) is 6.45. The van der Waals surface area contributed by atoms with Crippen LogP contribution in [0.4, 0.5) is 0 Å². The largest absolute Gasteiger partial charge is 0.455 e. The number of hydrogen-bond donors (Lipinski definition) is 0. The second kappa shape index (κ2) is 8.27. The Hall–Kier alpha value is -1.48. The number of aryl methyl sites for hydroxylation is 1. The molecule has 2 rings (SSSR count). The first kappa shape index (κ1) is 19.8. The van der Waals surface area contributed by atoms with Gasteiger partial charge in [-0.05, 0) is 19.3 Å². The predicted molar refractivity (Wildman–Crippen MR) is 95.1 cm³/mol. The van der Waals surface area contributed by atoms with Crippen LogP contribution in [0.2, 0.25) is 0 Å². The number of hydrogen-bond acceptors (Lipinski definition) is 7. The van der Waals surface area contributed by atoms with Crippen molar-refractivity contribution < 1.29 is 22.7 Å². The van der Waals surface area contributed by atoms with E-state index < -0.39 is 15.8 Å². The Morgan fingerprint density at radius 3 is 2.68 bits per heavy atom. The van der Waals surface area contributed by atoms with Crippen molar-refractivity contribution in [1.29, 1.82) is 0 Å². The number of amides is 1. The zero-order valence-electron chi connectivity index (χ0n) is 14.7. The van der Waals surface area contributed by atoms with Gasteiger partial charge in [0, 0.05) is 18.0 Å². The second-order valence-electron chi connectivity index (χ2n) is 6.69. The number of sulfone groups is 1. The Balaban J connectivity index is 1.91. The van der Waals surface area contributed by atoms with E-state index in [1.807, 2.05) is 20.8 Å². The summed E-state index contributed by atoms with van der Waals surface area (Å²) in [5.41, 5.74) is 0.626. The monoisotopic (exact) mass is 388 g/mol. The molecule has 0 bridgehead atoms. The van der Waals surface area contributed by atoms with E-state index >= 15 is 0 Å². The molecule has 9 heteroatoms. The molecule has 1 aromatic heterocycles. The number of carbonyl (C=O) groups is 2. The molecule has 2 heterocycles. The fraction of sp³-hybridized carbons (Fsp3) is 0.688. The molecule has 0 aliphatic carbocycles. The van der Waals surface area contributed by atoms with E-state index in [9.17, 15) is 18.0 Å². The van der Waals surface area contributed by atoms with Crippen LogP contribution in [-0.2, 0) is 30.6 Å². The molecule has 0 radical (unpaired) electrons. The minimum Gasteiger partial charge on any atom is -0.455 e. The second-order valence-corrected chi connectivity index (χ2v) is 9.98. The van der Waals surface area contributed by atoms with E-state index in [0.717, 1.165) is 5.01 Å². The molecule has 1 aliphatic rings. The minimum absolute atomic E-state index is 0.0164. The lowest BCUT2D eigenvalue weighted by molar-refractivity contribution is -0.152. The number of aromatic nitrogens is 1. The Morgan fingerprint density at radius 1 is 1.44 bits per heavy atom. The molecule has 1 aromatic rings. The summed E-state index contributed by atoms with van der Waals surface area (Å²) >= 11 is 1.45. The average molecular weight is 389 g/mol. The summed E-state index contributed by atoms with van der Waals surface area (Å²) in [5.74, 6) is -0.582. The molecule has 140 valence electrons. The van der Waals surface area contributed by atoms with Crippen molar-refractivity contribution in [3.63, 3.8) is 0 Å². The van der Waals surface area contributed by atoms with Crippen LogP contribution >= 0.6 is 11.3 Å². The molecule has 1 unspecified atom stereocenters. The smallest absolute Gasteiger partial charge is 0.312 e. The van der Waals surface area contributed by atoms with Crippen molar-refractivity contribution in [2.45, 2.75) is 39.7 Å². The molecule has 1 saturated heterocycles. The summed E-state index contributed by atoms with van der Waals surface area (Å²) < 4.78 is 28.5. The summed E-state index contributed by atoms with van der Waals surface area (Å²) in [6.07, 6.45) is 0.465. The van der Waals surface area contributed by atoms with Gasteiger partial charge in [-0.3, -0.25) is 9.59 Å². The Morgan fingerprint density at radius 2 is 2.16 bits per heavy atom. The lowest BCUT2D eigenvalue weighted by Gasteiger charge is -2.29. The van der Waals surface area contributed by atoms with Crippen LogP contribution in [0.5, 0.6) is 0 Å². The van der Waals surface area contributed by atoms with E-state index in [1.54, 1.807) is 10.3 Å². The predicted octanol–water partition coefficient (Wildman–Crippen LogP) is 1.21. The first-order chi connectivity index (χ1) is 11.7. The topological polar surface area (TPSA) is 93.6 Å². The van der Waals surface area contributed by atoms with E-state index in [0.29, 0.717) is 18.7 Å². The SMILES string of the molecule is Cc1nc(CC(=O)OCC(=O)N(CC(C)C)C2CCS(=O)(=O)C2)cs1. The van der Waals surface area contributed by atoms with Crippen LogP contribution in [0.15, 0.2) is 5.38 Å². The third kappa shape index (κ3) is 6.07. The van der Waals surface area contributed by atoms with Gasteiger partial charge in [0.25, 0.3) is 5.91 Å². The molecular weight excluding hydrogens is 364 g/mol. The zero-order valence-corrected chi connectivity index (χ0v) is 16.4. The first-order valence-corrected chi connectivity index (χ1v) is 10.9. The van der Waals surface area contributed by atoms with Gasteiger partial charge in [0.2, 0.25) is 0 Å². The molecule has 25 heavy (non-hydrogen) atoms. The van der Waals surface area contributed by atoms with E-state index in [1.165, 1.54) is 11.3 Å². The molecule has 1 atom stereocenters. The summed E-state index contributed by atoms with van der Waals surface area (Å²) in [6, 6.07) is -0.334. The Kier molecular flexibility index (Phi) is 6.56. The summed E-state index contributed by atoms with van der Waals surface area (Å²) in [5, 5.41) is 2.65. The highest BCUT2D eigenvalue weighted by molar-refractivity contribution is 7.91. The Labute approximate surface area is 152 Å². The average Bonchev–Trinajstić information content (AvgIpc) is 3.07. The van der Waals surface area contributed by atoms with Gasteiger partial charge in [0.15, 0.2) is 16.4 Å². The van der Waals surface area contributed by atoms with E-state index in [4.69, 9.17) is 4.74 Å². The van der Waals surface area contributed by atoms with Crippen LogP contribution < -0.4 is 0 Å². The summed E-state index contributed by atoms with van der Waals surface area (Å²) in [4.78, 5) is 30.1. The highest BCUT2D eigenvalue weighted by Gasteiger charge is 2.35. The maximum atomic E-state index is 12.5. The summed E-state index contributed by atoms with van der Waals surface area (Å²) in [7, 11) is -3.09. The minimum atomic E-state index is -3.09. The van der Waals surface area contributed by atoms with Crippen LogP contribution in [-0.4, -0.2) is 60.9 Å². The third-order valence-electron chi connectivity index (χ3n) is 3.88. The number of nitrogens with zero attached hydrogens (tertiary/aromatic N) is 2. The molecule has 1 amide bonds. The van der Waals surface area contributed by atoms with Crippen molar-refractivity contribution in [2.24, 2.45) is 5.92 Å². The number of esters is 1. The van der Waals surface area contributed by atoms with Gasteiger partial charge in [0.05, 0.1) is 28.6 Å². The molecule has 0 N–H and O–H groups in total. The first-order valence-electron chi connectivity index (χ1n) is 8.23. The molecule has 7 nitrogen and oxygen atoms in total. The van der Waals surface area contributed by atoms with Crippen molar-refractivity contribution >= 4 is 33.1 Å². The zero-order chi connectivity index (χ0) is 18.6. The van der Waals surface area contributed by atoms with Gasteiger partial charge in [-0.15, -0.1) is 11.3 Å². The van der Waals surface area contributed by atoms with Crippen LogP contribution in [0.25, 0.3) is 0 Å². The van der Waals surface area contributed by atoms with Crippen LogP contribution in [0, 0.1) is 12.8 Å². The van der Waals surface area contributed by atoms with Gasteiger partial charge in [-0.2, -0.15) is 0 Å². The van der Waals surface area contributed by atoms with Crippen LogP contribution in [0.3, 0.4) is 0 Å². The highest BCUT2D eigenvalue weighted by atomic mass is 32.2. The van der Waals surface area contributed by atoms with Gasteiger partial charge in [-0.25, -0.2) is 13.4 Å². The van der Waals surface area contributed by atoms with Crippen molar-refractivity contribution in [2.75, 3.05) is 24.7 Å². The molecule has 1 fully saturated rings. The lowest BCUT2D eigenvalue weighted by Crippen LogP contribution is -2.45. The van der Waals surface area contributed by atoms with Gasteiger partial charge in [-0.1, -0.05) is 13.8 Å². The lowest BCUT2D eigenvalue weighted by atomic mass is 10.1. The van der Waals surface area contributed by atoms with Crippen LogP contribution in [0.1, 0.15) is 31.0 Å². The van der Waals surface area contributed by atoms with Crippen molar-refractivity contribution in [3.05, 3.63) is 16.1 Å². The molecule has 0 spiro atoms. The fourth-order valence-corrected chi connectivity index (χ4v) is 5.13. The molecule has 0 saturated carbocycles. The van der Waals surface area contributed by atoms with Gasteiger partial charge in [0.1, 0.15) is 0 Å².